The fourth-order valence-corrected chi connectivity index (χ4v) is 1.77. The molecule has 0 aliphatic carbocycles. The van der Waals surface area contributed by atoms with Crippen LogP contribution in [0.3, 0.4) is 0 Å². The second kappa shape index (κ2) is 7.39. The number of terminal acetylenes is 1. The van der Waals surface area contributed by atoms with Gasteiger partial charge in [-0.2, -0.15) is 0 Å². The van der Waals surface area contributed by atoms with Gasteiger partial charge in [0.1, 0.15) is 0 Å². The molecule has 0 aliphatic heterocycles. The number of benzene rings is 1. The highest BCUT2D eigenvalue weighted by Gasteiger charge is 2.16. The van der Waals surface area contributed by atoms with Crippen LogP contribution in [-0.2, 0) is 4.79 Å². The van der Waals surface area contributed by atoms with Crippen molar-refractivity contribution < 1.29 is 13.9 Å². The van der Waals surface area contributed by atoms with E-state index in [0.717, 1.165) is 0 Å². The molecule has 4 nitrogen and oxygen atoms in total. The lowest BCUT2D eigenvalue weighted by Gasteiger charge is -2.28. The third-order valence-electron chi connectivity index (χ3n) is 2.79. The number of anilines is 1. The quantitative estimate of drug-likeness (QED) is 0.807. The maximum Gasteiger partial charge on any atom is 0.240 e. The number of nitrogens with one attached hydrogen (secondary N) is 1. The molecule has 20 heavy (non-hydrogen) atoms. The van der Waals surface area contributed by atoms with Gasteiger partial charge in [-0.3, -0.25) is 4.79 Å². The number of nitrogens with zero attached hydrogens (tertiary/aromatic N) is 1. The lowest BCUT2D eigenvalue weighted by molar-refractivity contribution is -0.119. The number of halogens is 1. The molecule has 5 heteroatoms. The smallest absolute Gasteiger partial charge is 0.240 e. The summed E-state index contributed by atoms with van der Waals surface area (Å²) in [7, 11) is 1.41. The van der Waals surface area contributed by atoms with E-state index in [0.29, 0.717) is 5.69 Å². The summed E-state index contributed by atoms with van der Waals surface area (Å²) in [5.74, 6) is 1.85. The van der Waals surface area contributed by atoms with Crippen molar-refractivity contribution >= 4 is 11.6 Å². The fourth-order valence-electron chi connectivity index (χ4n) is 1.77. The zero-order valence-electron chi connectivity index (χ0n) is 11.9. The Balaban J connectivity index is 2.89. The maximum atomic E-state index is 13.7. The summed E-state index contributed by atoms with van der Waals surface area (Å²) in [6.07, 6.45) is 5.09. The number of hydrogen-bond donors (Lipinski definition) is 1. The second-order valence-corrected chi connectivity index (χ2v) is 4.52. The zero-order valence-corrected chi connectivity index (χ0v) is 11.9. The van der Waals surface area contributed by atoms with E-state index in [-0.39, 0.29) is 30.8 Å². The van der Waals surface area contributed by atoms with Crippen LogP contribution in [0.5, 0.6) is 5.75 Å². The summed E-state index contributed by atoms with van der Waals surface area (Å²) in [5.41, 5.74) is 0.620. The molecule has 1 rings (SSSR count). The topological polar surface area (TPSA) is 41.6 Å². The first kappa shape index (κ1) is 15.8. The minimum atomic E-state index is -0.459. The first-order chi connectivity index (χ1) is 9.49. The van der Waals surface area contributed by atoms with Crippen LogP contribution in [0, 0.1) is 18.2 Å². The van der Waals surface area contributed by atoms with Crippen LogP contribution in [-0.4, -0.2) is 32.1 Å². The van der Waals surface area contributed by atoms with Crippen molar-refractivity contribution in [1.82, 2.24) is 5.32 Å². The third kappa shape index (κ3) is 4.16. The number of rotatable bonds is 6. The van der Waals surface area contributed by atoms with Crippen LogP contribution < -0.4 is 15.0 Å². The van der Waals surface area contributed by atoms with Crippen LogP contribution in [0.2, 0.25) is 0 Å². The van der Waals surface area contributed by atoms with Crippen molar-refractivity contribution in [1.29, 1.82) is 0 Å². The SMILES string of the molecule is C#CCNC(=O)CN(c1ccc(OC)c(F)c1)C(C)C. The Labute approximate surface area is 118 Å². The Hall–Kier alpha value is -2.22. The van der Waals surface area contributed by atoms with Crippen molar-refractivity contribution in [3.05, 3.63) is 24.0 Å². The monoisotopic (exact) mass is 278 g/mol. The molecule has 0 bridgehead atoms. The first-order valence-corrected chi connectivity index (χ1v) is 6.30. The Morgan fingerprint density at radius 2 is 2.25 bits per heavy atom. The van der Waals surface area contributed by atoms with Gasteiger partial charge in [0.15, 0.2) is 11.6 Å². The van der Waals surface area contributed by atoms with Gasteiger partial charge in [-0.15, -0.1) is 6.42 Å². The molecule has 0 saturated heterocycles. The van der Waals surface area contributed by atoms with Gasteiger partial charge in [0.05, 0.1) is 20.2 Å². The van der Waals surface area contributed by atoms with Crippen LogP contribution >= 0.6 is 0 Å². The number of hydrogen-bond acceptors (Lipinski definition) is 3. The van der Waals surface area contributed by atoms with E-state index in [1.807, 2.05) is 13.8 Å². The molecule has 0 aliphatic rings. The van der Waals surface area contributed by atoms with Gasteiger partial charge in [-0.05, 0) is 26.0 Å². The van der Waals surface area contributed by atoms with Gasteiger partial charge in [-0.1, -0.05) is 5.92 Å². The Bertz CT molecular complexity index is 509. The largest absolute Gasteiger partial charge is 0.494 e. The van der Waals surface area contributed by atoms with Crippen LogP contribution in [0.25, 0.3) is 0 Å². The van der Waals surface area contributed by atoms with Crippen molar-refractivity contribution in [2.24, 2.45) is 0 Å². The molecule has 1 amide bonds. The highest BCUT2D eigenvalue weighted by atomic mass is 19.1. The molecule has 1 aromatic carbocycles. The average molecular weight is 278 g/mol. The lowest BCUT2D eigenvalue weighted by Crippen LogP contribution is -2.41. The van der Waals surface area contributed by atoms with Crippen LogP contribution in [0.4, 0.5) is 10.1 Å². The normalized spacial score (nSPS) is 10.0. The number of ether oxygens (including phenoxy) is 1. The van der Waals surface area contributed by atoms with E-state index in [9.17, 15) is 9.18 Å². The molecule has 0 saturated carbocycles. The minimum Gasteiger partial charge on any atom is -0.494 e. The predicted molar refractivity (Wildman–Crippen MR) is 77.3 cm³/mol. The Morgan fingerprint density at radius 3 is 2.75 bits per heavy atom. The first-order valence-electron chi connectivity index (χ1n) is 6.30. The lowest BCUT2D eigenvalue weighted by atomic mass is 10.2. The molecule has 0 radical (unpaired) electrons. The van der Waals surface area contributed by atoms with E-state index in [2.05, 4.69) is 11.2 Å². The van der Waals surface area contributed by atoms with E-state index in [4.69, 9.17) is 11.2 Å². The number of carbonyl (C=O) groups excluding carboxylic acids is 1. The summed E-state index contributed by atoms with van der Waals surface area (Å²) in [6, 6.07) is 4.66. The molecule has 0 unspecified atom stereocenters. The fraction of sp³-hybridized carbons (Fsp3) is 0.400. The number of amides is 1. The maximum absolute atomic E-state index is 13.7. The summed E-state index contributed by atoms with van der Waals surface area (Å²) in [4.78, 5) is 13.5. The molecular formula is C15H19FN2O2. The molecule has 0 atom stereocenters. The Morgan fingerprint density at radius 1 is 1.55 bits per heavy atom. The van der Waals surface area contributed by atoms with Gasteiger partial charge in [0, 0.05) is 17.8 Å². The zero-order chi connectivity index (χ0) is 15.1. The van der Waals surface area contributed by atoms with Gasteiger partial charge in [-0.25, -0.2) is 4.39 Å². The molecule has 0 spiro atoms. The summed E-state index contributed by atoms with van der Waals surface area (Å²) in [6.45, 7) is 4.15. The second-order valence-electron chi connectivity index (χ2n) is 4.52. The van der Waals surface area contributed by atoms with E-state index in [1.165, 1.54) is 13.2 Å². The van der Waals surface area contributed by atoms with E-state index in [1.54, 1.807) is 17.0 Å². The van der Waals surface area contributed by atoms with Crippen molar-refractivity contribution in [2.75, 3.05) is 25.1 Å². The molecule has 1 N–H and O–H groups in total. The average Bonchev–Trinajstić information content (AvgIpc) is 2.42. The van der Waals surface area contributed by atoms with E-state index >= 15 is 0 Å². The summed E-state index contributed by atoms with van der Waals surface area (Å²) >= 11 is 0. The standard InChI is InChI=1S/C15H19FN2O2/c1-5-8-17-15(19)10-18(11(2)3)12-6-7-14(20-4)13(16)9-12/h1,6-7,9,11H,8,10H2,2-4H3,(H,17,19). The van der Waals surface area contributed by atoms with Gasteiger partial charge >= 0.3 is 0 Å². The minimum absolute atomic E-state index is 0.0411. The van der Waals surface area contributed by atoms with Gasteiger partial charge in [0.2, 0.25) is 5.91 Å². The van der Waals surface area contributed by atoms with Crippen LogP contribution in [0.15, 0.2) is 18.2 Å². The molecule has 108 valence electrons. The van der Waals surface area contributed by atoms with Crippen molar-refractivity contribution in [3.63, 3.8) is 0 Å². The molecule has 1 aromatic rings. The van der Waals surface area contributed by atoms with Crippen molar-refractivity contribution in [2.45, 2.75) is 19.9 Å². The van der Waals surface area contributed by atoms with Gasteiger partial charge < -0.3 is 15.0 Å². The highest BCUT2D eigenvalue weighted by molar-refractivity contribution is 5.81. The third-order valence-corrected chi connectivity index (χ3v) is 2.79. The van der Waals surface area contributed by atoms with Gasteiger partial charge in [0.25, 0.3) is 0 Å². The molecule has 0 fully saturated rings. The molecule has 0 heterocycles. The van der Waals surface area contributed by atoms with E-state index < -0.39 is 5.82 Å². The Kier molecular flexibility index (Phi) is 5.85. The molecule has 0 aromatic heterocycles. The molecular weight excluding hydrogens is 259 g/mol. The van der Waals surface area contributed by atoms with Crippen molar-refractivity contribution in [3.8, 4) is 18.1 Å². The number of carbonyl (C=O) groups is 1. The number of methoxy groups -OCH3 is 1. The summed E-state index contributed by atoms with van der Waals surface area (Å²) < 4.78 is 18.6. The predicted octanol–water partition coefficient (Wildman–Crippen LogP) is 1.80. The van der Waals surface area contributed by atoms with Crippen LogP contribution in [0.1, 0.15) is 13.8 Å². The summed E-state index contributed by atoms with van der Waals surface area (Å²) in [5, 5.41) is 2.59. The highest BCUT2D eigenvalue weighted by Crippen LogP contribution is 2.24.